The van der Waals surface area contributed by atoms with Crippen molar-refractivity contribution in [2.24, 2.45) is 5.92 Å². The second-order valence-corrected chi connectivity index (χ2v) is 7.16. The number of anilines is 2. The molecule has 1 fully saturated rings. The number of hydrogen-bond donors (Lipinski definition) is 2. The lowest BCUT2D eigenvalue weighted by Gasteiger charge is -2.28. The van der Waals surface area contributed by atoms with Crippen LogP contribution in [0.4, 0.5) is 15.9 Å². The average molecular weight is 398 g/mol. The number of aromatic nitrogens is 4. The monoisotopic (exact) mass is 398 g/mol. The lowest BCUT2D eigenvalue weighted by Crippen LogP contribution is -2.30. The van der Waals surface area contributed by atoms with Crippen LogP contribution in [0.25, 0.3) is 17.2 Å². The Morgan fingerprint density at radius 1 is 1.28 bits per heavy atom. The molecule has 8 nitrogen and oxygen atoms in total. The molecule has 0 aromatic carbocycles. The molecular weight excluding hydrogens is 375 g/mol. The van der Waals surface area contributed by atoms with E-state index in [0.29, 0.717) is 35.3 Å². The van der Waals surface area contributed by atoms with Gasteiger partial charge in [-0.1, -0.05) is 0 Å². The summed E-state index contributed by atoms with van der Waals surface area (Å²) in [5.74, 6) is 0.402. The lowest BCUT2D eigenvalue weighted by atomic mass is 9.86. The Hall–Kier alpha value is -3.23. The summed E-state index contributed by atoms with van der Waals surface area (Å²) >= 11 is 0. The van der Waals surface area contributed by atoms with Gasteiger partial charge in [0.2, 0.25) is 0 Å². The van der Waals surface area contributed by atoms with Gasteiger partial charge in [0.05, 0.1) is 30.6 Å². The van der Waals surface area contributed by atoms with E-state index in [1.807, 2.05) is 6.92 Å². The van der Waals surface area contributed by atoms with E-state index in [-0.39, 0.29) is 23.7 Å². The highest BCUT2D eigenvalue weighted by Gasteiger charge is 2.27. The molecule has 0 saturated heterocycles. The van der Waals surface area contributed by atoms with Crippen molar-refractivity contribution in [2.75, 3.05) is 17.7 Å². The highest BCUT2D eigenvalue weighted by atomic mass is 19.1. The first-order chi connectivity index (χ1) is 14.0. The fourth-order valence-corrected chi connectivity index (χ4v) is 3.68. The van der Waals surface area contributed by atoms with Crippen LogP contribution >= 0.6 is 0 Å². The fourth-order valence-electron chi connectivity index (χ4n) is 3.68. The zero-order valence-corrected chi connectivity index (χ0v) is 16.1. The number of rotatable bonds is 5. The molecule has 4 rings (SSSR count). The summed E-state index contributed by atoms with van der Waals surface area (Å²) in [4.78, 5) is 25.0. The molecule has 0 unspecified atom stereocenters. The normalized spacial score (nSPS) is 19.2. The van der Waals surface area contributed by atoms with Crippen LogP contribution in [0.15, 0.2) is 30.7 Å². The van der Waals surface area contributed by atoms with Gasteiger partial charge in [-0.15, -0.1) is 0 Å². The van der Waals surface area contributed by atoms with E-state index in [9.17, 15) is 9.18 Å². The number of nitrogens with two attached hydrogens (primary N) is 1. The van der Waals surface area contributed by atoms with Crippen LogP contribution in [-0.2, 0) is 9.53 Å². The molecule has 3 aromatic rings. The zero-order chi connectivity index (χ0) is 20.4. The molecule has 9 heteroatoms. The van der Waals surface area contributed by atoms with Crippen molar-refractivity contribution in [3.8, 4) is 11.5 Å². The van der Waals surface area contributed by atoms with E-state index in [1.165, 1.54) is 18.5 Å². The van der Waals surface area contributed by atoms with Gasteiger partial charge in [0.25, 0.3) is 0 Å². The third-order valence-electron chi connectivity index (χ3n) is 5.20. The average Bonchev–Trinajstić information content (AvgIpc) is 3.13. The summed E-state index contributed by atoms with van der Waals surface area (Å²) in [6, 6.07) is 3.11. The minimum absolute atomic E-state index is 0.0423. The number of carbonyl (C=O) groups excluding carboxylic acids is 1. The summed E-state index contributed by atoms with van der Waals surface area (Å²) in [5.41, 5.74) is 7.68. The van der Waals surface area contributed by atoms with Gasteiger partial charge >= 0.3 is 5.97 Å². The molecular formula is C20H23FN6O2. The number of fused-ring (bicyclic) bond motifs is 1. The van der Waals surface area contributed by atoms with E-state index >= 15 is 0 Å². The summed E-state index contributed by atoms with van der Waals surface area (Å²) in [6.45, 7) is 2.23. The van der Waals surface area contributed by atoms with Crippen molar-refractivity contribution in [3.63, 3.8) is 0 Å². The third-order valence-corrected chi connectivity index (χ3v) is 5.20. The molecule has 0 aliphatic heterocycles. The van der Waals surface area contributed by atoms with Crippen molar-refractivity contribution < 1.29 is 13.9 Å². The first-order valence-electron chi connectivity index (χ1n) is 9.73. The van der Waals surface area contributed by atoms with Gasteiger partial charge in [-0.2, -0.15) is 0 Å². The molecule has 0 radical (unpaired) electrons. The Bertz CT molecular complexity index is 1030. The standard InChI is InChI=1S/C20H23FN6O2/c1-2-29-20(28)12-3-6-14(7-4-12)25-18-15(22)9-24-19(26-18)16-10-23-17-8-5-13(21)11-27(16)17/h5,8-12,14H,2-4,6-7,22H2,1H3,(H,24,25,26). The number of pyridine rings is 1. The maximum Gasteiger partial charge on any atom is 0.308 e. The molecule has 0 bridgehead atoms. The summed E-state index contributed by atoms with van der Waals surface area (Å²) < 4.78 is 20.4. The van der Waals surface area contributed by atoms with Crippen molar-refractivity contribution in [2.45, 2.75) is 38.6 Å². The Morgan fingerprint density at radius 3 is 2.83 bits per heavy atom. The smallest absolute Gasteiger partial charge is 0.308 e. The van der Waals surface area contributed by atoms with Crippen molar-refractivity contribution in [3.05, 3.63) is 36.5 Å². The second kappa shape index (κ2) is 8.02. The topological polar surface area (TPSA) is 107 Å². The van der Waals surface area contributed by atoms with E-state index in [2.05, 4.69) is 20.3 Å². The largest absolute Gasteiger partial charge is 0.466 e. The van der Waals surface area contributed by atoms with Gasteiger partial charge < -0.3 is 15.8 Å². The van der Waals surface area contributed by atoms with Gasteiger partial charge in [0.1, 0.15) is 17.2 Å². The van der Waals surface area contributed by atoms with Gasteiger partial charge in [-0.25, -0.2) is 19.3 Å². The predicted molar refractivity (Wildman–Crippen MR) is 107 cm³/mol. The van der Waals surface area contributed by atoms with Crippen LogP contribution in [0.1, 0.15) is 32.6 Å². The van der Waals surface area contributed by atoms with Gasteiger partial charge in [-0.3, -0.25) is 9.20 Å². The molecule has 152 valence electrons. The van der Waals surface area contributed by atoms with E-state index in [0.717, 1.165) is 25.7 Å². The first kappa shape index (κ1) is 19.1. The first-order valence-corrected chi connectivity index (χ1v) is 9.73. The van der Waals surface area contributed by atoms with Crippen molar-refractivity contribution in [1.29, 1.82) is 0 Å². The van der Waals surface area contributed by atoms with Crippen LogP contribution in [0.3, 0.4) is 0 Å². The number of esters is 1. The molecule has 1 aliphatic carbocycles. The maximum atomic E-state index is 13.6. The molecule has 0 amide bonds. The molecule has 29 heavy (non-hydrogen) atoms. The highest BCUT2D eigenvalue weighted by Crippen LogP contribution is 2.29. The van der Waals surface area contributed by atoms with E-state index < -0.39 is 0 Å². The lowest BCUT2D eigenvalue weighted by molar-refractivity contribution is -0.149. The van der Waals surface area contributed by atoms with Gasteiger partial charge in [0.15, 0.2) is 11.6 Å². The van der Waals surface area contributed by atoms with E-state index in [1.54, 1.807) is 16.7 Å². The third kappa shape index (κ3) is 3.98. The van der Waals surface area contributed by atoms with Crippen LogP contribution in [-0.4, -0.2) is 38.0 Å². The number of halogens is 1. The Balaban J connectivity index is 1.51. The molecule has 0 atom stereocenters. The van der Waals surface area contributed by atoms with Crippen LogP contribution in [0.5, 0.6) is 0 Å². The van der Waals surface area contributed by atoms with Gasteiger partial charge in [-0.05, 0) is 44.7 Å². The highest BCUT2D eigenvalue weighted by molar-refractivity contribution is 5.72. The summed E-state index contributed by atoms with van der Waals surface area (Å²) in [6.07, 6.45) is 7.66. The number of nitrogen functional groups attached to an aromatic ring is 1. The number of ether oxygens (including phenoxy) is 1. The number of imidazole rings is 1. The molecule has 3 aromatic heterocycles. The van der Waals surface area contributed by atoms with Gasteiger partial charge in [0, 0.05) is 12.2 Å². The van der Waals surface area contributed by atoms with E-state index in [4.69, 9.17) is 10.5 Å². The maximum absolute atomic E-state index is 13.6. The Labute approximate surface area is 167 Å². The molecule has 1 aliphatic rings. The minimum Gasteiger partial charge on any atom is -0.466 e. The van der Waals surface area contributed by atoms with Crippen molar-refractivity contribution >= 4 is 23.1 Å². The molecule has 3 heterocycles. The number of nitrogens with zero attached hydrogens (tertiary/aromatic N) is 4. The minimum atomic E-state index is -0.371. The quantitative estimate of drug-likeness (QED) is 0.636. The summed E-state index contributed by atoms with van der Waals surface area (Å²) in [7, 11) is 0. The number of nitrogens with one attached hydrogen (secondary N) is 1. The fraction of sp³-hybridized carbons (Fsp3) is 0.400. The zero-order valence-electron chi connectivity index (χ0n) is 16.1. The van der Waals surface area contributed by atoms with Crippen LogP contribution < -0.4 is 11.1 Å². The molecule has 1 saturated carbocycles. The predicted octanol–water partition coefficient (Wildman–Crippen LogP) is 3.05. The van der Waals surface area contributed by atoms with Crippen LogP contribution in [0, 0.1) is 11.7 Å². The van der Waals surface area contributed by atoms with Crippen LogP contribution in [0.2, 0.25) is 0 Å². The number of hydrogen-bond acceptors (Lipinski definition) is 7. The second-order valence-electron chi connectivity index (χ2n) is 7.16. The Morgan fingerprint density at radius 2 is 2.07 bits per heavy atom. The molecule has 3 N–H and O–H groups in total. The SMILES string of the molecule is CCOC(=O)C1CCC(Nc2nc(-c3cnc4ccc(F)cn34)ncc2N)CC1. The van der Waals surface area contributed by atoms with Crippen molar-refractivity contribution in [1.82, 2.24) is 19.4 Å². The Kier molecular flexibility index (Phi) is 5.28. The number of carbonyl (C=O) groups is 1. The molecule has 0 spiro atoms. The summed E-state index contributed by atoms with van der Waals surface area (Å²) in [5, 5.41) is 3.37.